The van der Waals surface area contributed by atoms with Crippen LogP contribution in [0.5, 0.6) is 0 Å². The van der Waals surface area contributed by atoms with Gasteiger partial charge >= 0.3 is 0 Å². The predicted octanol–water partition coefficient (Wildman–Crippen LogP) is 8.43. The third-order valence-electron chi connectivity index (χ3n) is 6.36. The molecule has 7 rings (SSSR count). The van der Waals surface area contributed by atoms with Crippen molar-refractivity contribution in [2.45, 2.75) is 0 Å². The van der Waals surface area contributed by atoms with Crippen LogP contribution in [-0.4, -0.2) is 4.57 Å². The second kappa shape index (κ2) is 7.01. The zero-order valence-corrected chi connectivity index (χ0v) is 17.8. The summed E-state index contributed by atoms with van der Waals surface area (Å²) in [7, 11) is 0. The molecule has 0 atom stereocenters. The van der Waals surface area contributed by atoms with Crippen molar-refractivity contribution in [2.24, 2.45) is 0 Å². The molecule has 0 radical (unpaired) electrons. The Bertz CT molecular complexity index is 1740. The van der Waals surface area contributed by atoms with Crippen molar-refractivity contribution < 1.29 is 4.42 Å². The highest BCUT2D eigenvalue weighted by molar-refractivity contribution is 6.14. The van der Waals surface area contributed by atoms with Crippen LogP contribution < -0.4 is 5.32 Å². The number of aromatic nitrogens is 1. The maximum Gasteiger partial charge on any atom is 0.137 e. The van der Waals surface area contributed by atoms with Crippen LogP contribution in [0.1, 0.15) is 0 Å². The largest absolute Gasteiger partial charge is 0.456 e. The molecular formula is C30H20N2O. The maximum atomic E-state index is 6.34. The first kappa shape index (κ1) is 18.1. The minimum Gasteiger partial charge on any atom is -0.456 e. The summed E-state index contributed by atoms with van der Waals surface area (Å²) in [4.78, 5) is 0. The van der Waals surface area contributed by atoms with Crippen LogP contribution in [0.25, 0.3) is 49.4 Å². The summed E-state index contributed by atoms with van der Waals surface area (Å²) in [6.45, 7) is 0. The van der Waals surface area contributed by atoms with E-state index in [1.165, 1.54) is 21.8 Å². The topological polar surface area (TPSA) is 30.1 Å². The van der Waals surface area contributed by atoms with Crippen LogP contribution in [0.15, 0.2) is 120 Å². The summed E-state index contributed by atoms with van der Waals surface area (Å²) < 4.78 is 8.70. The molecule has 3 heteroatoms. The van der Waals surface area contributed by atoms with E-state index in [1.807, 2.05) is 18.2 Å². The SMILES string of the molecule is c1ccc(Nc2ccc3c(c2)oc2cccc(-n4c5ccccc5c5ccccc54)c23)cc1. The summed E-state index contributed by atoms with van der Waals surface area (Å²) in [5, 5.41) is 8.22. The van der Waals surface area contributed by atoms with Crippen molar-refractivity contribution in [3.05, 3.63) is 115 Å². The van der Waals surface area contributed by atoms with E-state index < -0.39 is 0 Å². The van der Waals surface area contributed by atoms with Gasteiger partial charge in [0.1, 0.15) is 11.2 Å². The predicted molar refractivity (Wildman–Crippen MR) is 138 cm³/mol. The second-order valence-corrected chi connectivity index (χ2v) is 8.32. The number of anilines is 2. The van der Waals surface area contributed by atoms with Gasteiger partial charge in [0.05, 0.1) is 22.1 Å². The molecule has 2 heterocycles. The number of hydrogen-bond acceptors (Lipinski definition) is 2. The number of hydrogen-bond donors (Lipinski definition) is 1. The van der Waals surface area contributed by atoms with Gasteiger partial charge in [0, 0.05) is 33.6 Å². The van der Waals surface area contributed by atoms with E-state index in [9.17, 15) is 0 Å². The van der Waals surface area contributed by atoms with Gasteiger partial charge in [-0.25, -0.2) is 0 Å². The monoisotopic (exact) mass is 424 g/mol. The third kappa shape index (κ3) is 2.76. The Balaban J connectivity index is 1.49. The van der Waals surface area contributed by atoms with Crippen LogP contribution in [0, 0.1) is 0 Å². The van der Waals surface area contributed by atoms with E-state index in [2.05, 4.69) is 107 Å². The zero-order valence-electron chi connectivity index (χ0n) is 17.8. The lowest BCUT2D eigenvalue weighted by molar-refractivity contribution is 0.669. The lowest BCUT2D eigenvalue weighted by Crippen LogP contribution is -1.94. The number of fused-ring (bicyclic) bond motifs is 6. The fourth-order valence-electron chi connectivity index (χ4n) is 4.94. The second-order valence-electron chi connectivity index (χ2n) is 8.32. The van der Waals surface area contributed by atoms with Crippen molar-refractivity contribution >= 4 is 55.1 Å². The first-order chi connectivity index (χ1) is 16.4. The van der Waals surface area contributed by atoms with Crippen molar-refractivity contribution in [1.82, 2.24) is 4.57 Å². The van der Waals surface area contributed by atoms with Crippen molar-refractivity contribution in [1.29, 1.82) is 0 Å². The molecule has 0 amide bonds. The Hall–Kier alpha value is -4.50. The number of para-hydroxylation sites is 3. The van der Waals surface area contributed by atoms with Gasteiger partial charge in [0.25, 0.3) is 0 Å². The lowest BCUT2D eigenvalue weighted by atomic mass is 10.1. The van der Waals surface area contributed by atoms with E-state index in [0.717, 1.165) is 39.0 Å². The Labute approximate surface area is 190 Å². The standard InChI is InChI=1S/C30H20N2O/c1-2-9-20(10-3-1)31-21-17-18-24-29(19-21)33-28-16-8-15-27(30(24)28)32-25-13-6-4-11-22(25)23-12-5-7-14-26(23)32/h1-19,31H. The van der Waals surface area contributed by atoms with Gasteiger partial charge in [0.2, 0.25) is 0 Å². The number of benzene rings is 5. The van der Waals surface area contributed by atoms with Crippen LogP contribution in [0.4, 0.5) is 11.4 Å². The summed E-state index contributed by atoms with van der Waals surface area (Å²) in [6, 6.07) is 40.1. The van der Waals surface area contributed by atoms with Crippen LogP contribution >= 0.6 is 0 Å². The highest BCUT2D eigenvalue weighted by Crippen LogP contribution is 2.39. The fraction of sp³-hybridized carbons (Fsp3) is 0. The molecule has 2 aromatic heterocycles. The van der Waals surface area contributed by atoms with Gasteiger partial charge in [-0.1, -0.05) is 60.7 Å². The zero-order chi connectivity index (χ0) is 21.8. The maximum absolute atomic E-state index is 6.34. The van der Waals surface area contributed by atoms with E-state index in [1.54, 1.807) is 0 Å². The average molecular weight is 425 g/mol. The average Bonchev–Trinajstić information content (AvgIpc) is 3.40. The van der Waals surface area contributed by atoms with Gasteiger partial charge < -0.3 is 14.3 Å². The number of furan rings is 1. The first-order valence-electron chi connectivity index (χ1n) is 11.1. The number of nitrogens with one attached hydrogen (secondary N) is 1. The van der Waals surface area contributed by atoms with Crippen molar-refractivity contribution in [3.8, 4) is 5.69 Å². The van der Waals surface area contributed by atoms with Gasteiger partial charge in [0.15, 0.2) is 0 Å². The molecule has 0 aliphatic heterocycles. The Morgan fingerprint density at radius 3 is 1.97 bits per heavy atom. The number of nitrogens with zero attached hydrogens (tertiary/aromatic N) is 1. The molecule has 0 saturated carbocycles. The van der Waals surface area contributed by atoms with Crippen LogP contribution in [-0.2, 0) is 0 Å². The highest BCUT2D eigenvalue weighted by Gasteiger charge is 2.17. The Morgan fingerprint density at radius 1 is 0.515 bits per heavy atom. The molecule has 1 N–H and O–H groups in total. The summed E-state index contributed by atoms with van der Waals surface area (Å²) in [5.41, 5.74) is 7.35. The van der Waals surface area contributed by atoms with E-state index >= 15 is 0 Å². The van der Waals surface area contributed by atoms with Crippen LogP contribution in [0.2, 0.25) is 0 Å². The van der Waals surface area contributed by atoms with Gasteiger partial charge in [-0.3, -0.25) is 0 Å². The Morgan fingerprint density at radius 2 is 1.21 bits per heavy atom. The molecule has 156 valence electrons. The molecule has 0 fully saturated rings. The van der Waals surface area contributed by atoms with E-state index in [0.29, 0.717) is 0 Å². The van der Waals surface area contributed by atoms with E-state index in [-0.39, 0.29) is 0 Å². The summed E-state index contributed by atoms with van der Waals surface area (Å²) in [5.74, 6) is 0. The highest BCUT2D eigenvalue weighted by atomic mass is 16.3. The molecule has 0 aliphatic carbocycles. The quantitative estimate of drug-likeness (QED) is 0.308. The lowest BCUT2D eigenvalue weighted by Gasteiger charge is -2.09. The van der Waals surface area contributed by atoms with Gasteiger partial charge in [-0.15, -0.1) is 0 Å². The molecule has 0 aliphatic rings. The minimum atomic E-state index is 0.874. The van der Waals surface area contributed by atoms with Crippen molar-refractivity contribution in [3.63, 3.8) is 0 Å². The minimum absolute atomic E-state index is 0.874. The summed E-state index contributed by atoms with van der Waals surface area (Å²) >= 11 is 0. The molecule has 0 bridgehead atoms. The first-order valence-corrected chi connectivity index (χ1v) is 11.1. The molecule has 3 nitrogen and oxygen atoms in total. The molecular weight excluding hydrogens is 404 g/mol. The molecule has 0 saturated heterocycles. The van der Waals surface area contributed by atoms with Crippen molar-refractivity contribution in [2.75, 3.05) is 5.32 Å². The van der Waals surface area contributed by atoms with Crippen LogP contribution in [0.3, 0.4) is 0 Å². The molecule has 7 aromatic rings. The van der Waals surface area contributed by atoms with E-state index in [4.69, 9.17) is 4.42 Å². The van der Waals surface area contributed by atoms with Gasteiger partial charge in [-0.2, -0.15) is 0 Å². The third-order valence-corrected chi connectivity index (χ3v) is 6.36. The number of rotatable bonds is 3. The summed E-state index contributed by atoms with van der Waals surface area (Å²) in [6.07, 6.45) is 0. The molecule has 0 spiro atoms. The van der Waals surface area contributed by atoms with Gasteiger partial charge in [-0.05, 0) is 48.5 Å². The smallest absolute Gasteiger partial charge is 0.137 e. The molecule has 0 unspecified atom stereocenters. The molecule has 5 aromatic carbocycles. The Kier molecular flexibility index (Phi) is 3.84. The molecule has 33 heavy (non-hydrogen) atoms. The normalized spacial score (nSPS) is 11.6. The fourth-order valence-corrected chi connectivity index (χ4v) is 4.94.